The molecule has 0 spiro atoms. The fourth-order valence-electron chi connectivity index (χ4n) is 1.39. The summed E-state index contributed by atoms with van der Waals surface area (Å²) in [5, 5.41) is 11.4. The van der Waals surface area contributed by atoms with Gasteiger partial charge in [0.1, 0.15) is 11.6 Å². The van der Waals surface area contributed by atoms with Crippen LogP contribution in [0.4, 0.5) is 0 Å². The molecule has 0 unspecified atom stereocenters. The lowest BCUT2D eigenvalue weighted by atomic mass is 10.1. The van der Waals surface area contributed by atoms with E-state index in [2.05, 4.69) is 5.32 Å². The minimum Gasteiger partial charge on any atom is -0.480 e. The van der Waals surface area contributed by atoms with Gasteiger partial charge in [-0.3, -0.25) is 9.59 Å². The third-order valence-corrected chi connectivity index (χ3v) is 2.09. The summed E-state index contributed by atoms with van der Waals surface area (Å²) < 4.78 is 5.08. The molecule has 6 heteroatoms. The van der Waals surface area contributed by atoms with Crippen LogP contribution in [0.5, 0.6) is 0 Å². The Morgan fingerprint density at radius 3 is 2.20 bits per heavy atom. The molecular formula is C14H23NO5. The van der Waals surface area contributed by atoms with Crippen molar-refractivity contribution in [3.05, 3.63) is 11.6 Å². The van der Waals surface area contributed by atoms with E-state index in [9.17, 15) is 14.4 Å². The van der Waals surface area contributed by atoms with Crippen molar-refractivity contribution < 1.29 is 24.2 Å². The smallest absolute Gasteiger partial charge is 0.326 e. The van der Waals surface area contributed by atoms with Crippen molar-refractivity contribution in [2.24, 2.45) is 0 Å². The van der Waals surface area contributed by atoms with Gasteiger partial charge in [-0.05, 0) is 41.0 Å². The normalized spacial score (nSPS) is 12.2. The molecule has 0 rings (SSSR count). The van der Waals surface area contributed by atoms with Gasteiger partial charge in [0.15, 0.2) is 0 Å². The van der Waals surface area contributed by atoms with Crippen LogP contribution in [0.1, 0.15) is 47.5 Å². The van der Waals surface area contributed by atoms with Crippen molar-refractivity contribution in [3.63, 3.8) is 0 Å². The Balaban J connectivity index is 4.44. The first-order valence-corrected chi connectivity index (χ1v) is 6.41. The number of ether oxygens (including phenoxy) is 1. The Morgan fingerprint density at radius 2 is 1.80 bits per heavy atom. The highest BCUT2D eigenvalue weighted by Gasteiger charge is 2.22. The van der Waals surface area contributed by atoms with Gasteiger partial charge in [-0.2, -0.15) is 0 Å². The molecule has 0 aromatic heterocycles. The second-order valence-corrected chi connectivity index (χ2v) is 5.75. The van der Waals surface area contributed by atoms with Gasteiger partial charge in [-0.1, -0.05) is 5.57 Å². The summed E-state index contributed by atoms with van der Waals surface area (Å²) in [7, 11) is 0. The number of carbonyl (C=O) groups excluding carboxylic acids is 2. The summed E-state index contributed by atoms with van der Waals surface area (Å²) in [5.74, 6) is -2.15. The maximum absolute atomic E-state index is 11.5. The number of hydrogen-bond donors (Lipinski definition) is 2. The topological polar surface area (TPSA) is 92.7 Å². The minimum atomic E-state index is -1.18. The van der Waals surface area contributed by atoms with Gasteiger partial charge in [-0.15, -0.1) is 0 Å². The molecule has 20 heavy (non-hydrogen) atoms. The van der Waals surface area contributed by atoms with Crippen molar-refractivity contribution in [3.8, 4) is 0 Å². The van der Waals surface area contributed by atoms with Crippen molar-refractivity contribution in [2.45, 2.75) is 59.1 Å². The third kappa shape index (κ3) is 9.13. The van der Waals surface area contributed by atoms with E-state index in [1.807, 2.05) is 0 Å². The van der Waals surface area contributed by atoms with E-state index in [4.69, 9.17) is 9.84 Å². The van der Waals surface area contributed by atoms with Gasteiger partial charge in [0, 0.05) is 12.5 Å². The molecule has 0 aromatic rings. The molecule has 0 aliphatic rings. The average molecular weight is 285 g/mol. The van der Waals surface area contributed by atoms with Gasteiger partial charge < -0.3 is 15.2 Å². The number of rotatable bonds is 6. The van der Waals surface area contributed by atoms with Crippen molar-refractivity contribution in [1.82, 2.24) is 5.32 Å². The van der Waals surface area contributed by atoms with Crippen LogP contribution in [-0.2, 0) is 19.1 Å². The largest absolute Gasteiger partial charge is 0.480 e. The zero-order valence-corrected chi connectivity index (χ0v) is 12.6. The Labute approximate surface area is 119 Å². The van der Waals surface area contributed by atoms with Gasteiger partial charge in [0.2, 0.25) is 5.91 Å². The lowest BCUT2D eigenvalue weighted by Crippen LogP contribution is -2.40. The Morgan fingerprint density at radius 1 is 1.25 bits per heavy atom. The predicted octanol–water partition coefficient (Wildman–Crippen LogP) is 1.64. The standard InChI is InChI=1S/C14H23NO5/c1-9(2)8-11(16)15-10(13(18)19)6-7-12(17)20-14(3,4)5/h8,10H,6-7H2,1-5H3,(H,15,16)(H,18,19)/t10-/m1/s1. The number of carboxylic acid groups (broad SMARTS) is 1. The third-order valence-electron chi connectivity index (χ3n) is 2.09. The number of aliphatic carboxylic acids is 1. The second kappa shape index (κ2) is 7.67. The van der Waals surface area contributed by atoms with Crippen molar-refractivity contribution >= 4 is 17.8 Å². The highest BCUT2D eigenvalue weighted by molar-refractivity contribution is 5.91. The number of allylic oxidation sites excluding steroid dienone is 1. The van der Waals surface area contributed by atoms with Crippen molar-refractivity contribution in [2.75, 3.05) is 0 Å². The maximum atomic E-state index is 11.5. The van der Waals surface area contributed by atoms with Gasteiger partial charge in [0.05, 0.1) is 0 Å². The molecule has 0 heterocycles. The summed E-state index contributed by atoms with van der Waals surface area (Å²) >= 11 is 0. The molecular weight excluding hydrogens is 262 g/mol. The van der Waals surface area contributed by atoms with E-state index >= 15 is 0 Å². The molecule has 0 saturated carbocycles. The van der Waals surface area contributed by atoms with Crippen LogP contribution in [0.25, 0.3) is 0 Å². The summed E-state index contributed by atoms with van der Waals surface area (Å²) in [5.41, 5.74) is 0.153. The molecule has 1 atom stereocenters. The number of esters is 1. The monoisotopic (exact) mass is 285 g/mol. The first-order valence-electron chi connectivity index (χ1n) is 6.41. The second-order valence-electron chi connectivity index (χ2n) is 5.75. The van der Waals surface area contributed by atoms with Crippen LogP contribution in [0.15, 0.2) is 11.6 Å². The van der Waals surface area contributed by atoms with Gasteiger partial charge in [-0.25, -0.2) is 4.79 Å². The number of amides is 1. The predicted molar refractivity (Wildman–Crippen MR) is 74.1 cm³/mol. The fourth-order valence-corrected chi connectivity index (χ4v) is 1.39. The molecule has 0 bridgehead atoms. The highest BCUT2D eigenvalue weighted by atomic mass is 16.6. The number of hydrogen-bond acceptors (Lipinski definition) is 4. The quantitative estimate of drug-likeness (QED) is 0.571. The van der Waals surface area contributed by atoms with E-state index in [1.54, 1.807) is 34.6 Å². The van der Waals surface area contributed by atoms with Crippen LogP contribution in [0, 0.1) is 0 Å². The lowest BCUT2D eigenvalue weighted by molar-refractivity contribution is -0.155. The van der Waals surface area contributed by atoms with E-state index in [1.165, 1.54) is 6.08 Å². The van der Waals surface area contributed by atoms with Gasteiger partial charge in [0.25, 0.3) is 0 Å². The SMILES string of the molecule is CC(C)=CC(=O)N[C@H](CCC(=O)OC(C)(C)C)C(=O)O. The molecule has 0 aliphatic heterocycles. The van der Waals surface area contributed by atoms with Crippen LogP contribution in [0.2, 0.25) is 0 Å². The first-order chi connectivity index (χ1) is 9.01. The van der Waals surface area contributed by atoms with E-state index in [-0.39, 0.29) is 12.8 Å². The summed E-state index contributed by atoms with van der Waals surface area (Å²) in [6, 6.07) is -1.11. The number of carbonyl (C=O) groups is 3. The molecule has 0 radical (unpaired) electrons. The lowest BCUT2D eigenvalue weighted by Gasteiger charge is -2.20. The highest BCUT2D eigenvalue weighted by Crippen LogP contribution is 2.10. The Kier molecular flexibility index (Phi) is 6.96. The average Bonchev–Trinajstić information content (AvgIpc) is 2.19. The van der Waals surface area contributed by atoms with Crippen LogP contribution < -0.4 is 5.32 Å². The van der Waals surface area contributed by atoms with Gasteiger partial charge >= 0.3 is 11.9 Å². The van der Waals surface area contributed by atoms with E-state index in [0.29, 0.717) is 0 Å². The van der Waals surface area contributed by atoms with Crippen LogP contribution in [0.3, 0.4) is 0 Å². The van der Waals surface area contributed by atoms with E-state index in [0.717, 1.165) is 5.57 Å². The first kappa shape index (κ1) is 18.1. The summed E-state index contributed by atoms with van der Waals surface area (Å²) in [6.07, 6.45) is 1.24. The van der Waals surface area contributed by atoms with Crippen molar-refractivity contribution in [1.29, 1.82) is 0 Å². The maximum Gasteiger partial charge on any atom is 0.326 e. The fraction of sp³-hybridized carbons (Fsp3) is 0.643. The summed E-state index contributed by atoms with van der Waals surface area (Å²) in [4.78, 5) is 34.0. The molecule has 0 aliphatic carbocycles. The molecule has 1 amide bonds. The molecule has 0 fully saturated rings. The van der Waals surface area contributed by atoms with Crippen LogP contribution in [-0.4, -0.2) is 34.6 Å². The zero-order chi connectivity index (χ0) is 15.9. The minimum absolute atomic E-state index is 0.00735. The molecule has 2 N–H and O–H groups in total. The Bertz CT molecular complexity index is 402. The molecule has 6 nitrogen and oxygen atoms in total. The number of carboxylic acids is 1. The molecule has 114 valence electrons. The van der Waals surface area contributed by atoms with E-state index < -0.39 is 29.5 Å². The molecule has 0 aromatic carbocycles. The number of nitrogens with one attached hydrogen (secondary N) is 1. The Hall–Kier alpha value is -1.85. The summed E-state index contributed by atoms with van der Waals surface area (Å²) in [6.45, 7) is 8.66. The molecule has 0 saturated heterocycles. The van der Waals surface area contributed by atoms with Crippen LogP contribution >= 0.6 is 0 Å². The zero-order valence-electron chi connectivity index (χ0n) is 12.6.